The van der Waals surface area contributed by atoms with Gasteiger partial charge in [0.2, 0.25) is 0 Å². The fourth-order valence-corrected chi connectivity index (χ4v) is 2.76. The molecule has 0 radical (unpaired) electrons. The molecule has 0 atom stereocenters. The van der Waals surface area contributed by atoms with E-state index in [-0.39, 0.29) is 0 Å². The minimum atomic E-state index is 0.357. The minimum absolute atomic E-state index is 0.357. The molecule has 0 saturated heterocycles. The van der Waals surface area contributed by atoms with Crippen LogP contribution >= 0.6 is 11.8 Å². The highest BCUT2D eigenvalue weighted by atomic mass is 32.2. The highest BCUT2D eigenvalue weighted by Crippen LogP contribution is 2.23. The minimum Gasteiger partial charge on any atom is -0.313 e. The van der Waals surface area contributed by atoms with Gasteiger partial charge in [0.1, 0.15) is 12.2 Å². The molecule has 1 N–H and O–H groups in total. The number of aromatic nitrogens is 3. The molecule has 108 valence electrons. The summed E-state index contributed by atoms with van der Waals surface area (Å²) in [6, 6.07) is 9.06. The molecule has 5 heteroatoms. The molecule has 4 nitrogen and oxygen atoms in total. The fourth-order valence-electron chi connectivity index (χ4n) is 1.93. The zero-order chi connectivity index (χ0) is 14.4. The molecule has 0 spiro atoms. The summed E-state index contributed by atoms with van der Waals surface area (Å²) in [6.45, 7) is 8.30. The zero-order valence-corrected chi connectivity index (χ0v) is 13.2. The lowest BCUT2D eigenvalue weighted by molar-refractivity contribution is 0.514. The average Bonchev–Trinajstić information content (AvgIpc) is 2.92. The van der Waals surface area contributed by atoms with Crippen molar-refractivity contribution in [3.05, 3.63) is 42.0 Å². The van der Waals surface area contributed by atoms with Gasteiger partial charge in [-0.05, 0) is 38.1 Å². The van der Waals surface area contributed by atoms with Gasteiger partial charge in [0.05, 0.1) is 5.75 Å². The molecule has 0 amide bonds. The molecule has 1 aromatic heterocycles. The van der Waals surface area contributed by atoms with Crippen molar-refractivity contribution < 1.29 is 0 Å². The Morgan fingerprint density at radius 3 is 2.65 bits per heavy atom. The number of nitrogens with one attached hydrogen (secondary N) is 1. The van der Waals surface area contributed by atoms with Gasteiger partial charge >= 0.3 is 0 Å². The third kappa shape index (κ3) is 4.08. The molecular weight excluding hydrogens is 268 g/mol. The number of nitrogens with zero attached hydrogens (tertiary/aromatic N) is 3. The van der Waals surface area contributed by atoms with Crippen LogP contribution < -0.4 is 5.32 Å². The van der Waals surface area contributed by atoms with Crippen molar-refractivity contribution in [3.8, 4) is 0 Å². The van der Waals surface area contributed by atoms with Gasteiger partial charge in [-0.25, -0.2) is 9.67 Å². The molecule has 2 aromatic rings. The standard InChI is InChI=1S/C15H22N4S/c1-4-16-9-13-5-7-14(8-6-13)20-10-15-17-11-18-19(15)12(2)3/h5-8,11-12,16H,4,9-10H2,1-3H3. The van der Waals surface area contributed by atoms with Crippen LogP contribution in [-0.4, -0.2) is 21.3 Å². The summed E-state index contributed by atoms with van der Waals surface area (Å²) in [5.74, 6) is 1.88. The molecule has 1 heterocycles. The van der Waals surface area contributed by atoms with Crippen LogP contribution in [0.2, 0.25) is 0 Å². The Balaban J connectivity index is 1.92. The number of hydrogen-bond donors (Lipinski definition) is 1. The van der Waals surface area contributed by atoms with E-state index in [9.17, 15) is 0 Å². The van der Waals surface area contributed by atoms with Crippen LogP contribution in [-0.2, 0) is 12.3 Å². The fraction of sp³-hybridized carbons (Fsp3) is 0.467. The Kier molecular flexibility index (Phi) is 5.61. The molecule has 1 aromatic carbocycles. The maximum absolute atomic E-state index is 4.33. The monoisotopic (exact) mass is 290 g/mol. The Hall–Kier alpha value is -1.33. The van der Waals surface area contributed by atoms with Crippen LogP contribution in [0, 0.1) is 0 Å². The molecule has 0 aliphatic heterocycles. The van der Waals surface area contributed by atoms with Crippen molar-refractivity contribution in [3.63, 3.8) is 0 Å². The third-order valence-corrected chi connectivity index (χ3v) is 4.01. The molecule has 0 saturated carbocycles. The Bertz CT molecular complexity index is 519. The molecule has 0 aliphatic carbocycles. The summed E-state index contributed by atoms with van der Waals surface area (Å²) in [4.78, 5) is 5.60. The van der Waals surface area contributed by atoms with E-state index in [0.29, 0.717) is 6.04 Å². The predicted molar refractivity (Wildman–Crippen MR) is 83.8 cm³/mol. The van der Waals surface area contributed by atoms with Crippen LogP contribution in [0.1, 0.15) is 38.2 Å². The summed E-state index contributed by atoms with van der Waals surface area (Å²) in [5.41, 5.74) is 1.32. The van der Waals surface area contributed by atoms with E-state index >= 15 is 0 Å². The Morgan fingerprint density at radius 1 is 1.25 bits per heavy atom. The van der Waals surface area contributed by atoms with Gasteiger partial charge in [0, 0.05) is 17.5 Å². The maximum atomic E-state index is 4.33. The van der Waals surface area contributed by atoms with Crippen LogP contribution in [0.25, 0.3) is 0 Å². The van der Waals surface area contributed by atoms with Crippen molar-refractivity contribution in [1.29, 1.82) is 0 Å². The highest BCUT2D eigenvalue weighted by Gasteiger charge is 2.07. The lowest BCUT2D eigenvalue weighted by Crippen LogP contribution is -2.11. The van der Waals surface area contributed by atoms with Crippen molar-refractivity contribution >= 4 is 11.8 Å². The van der Waals surface area contributed by atoms with Gasteiger partial charge < -0.3 is 5.32 Å². The summed E-state index contributed by atoms with van der Waals surface area (Å²) < 4.78 is 1.98. The molecule has 0 aliphatic rings. The van der Waals surface area contributed by atoms with Gasteiger partial charge in [-0.3, -0.25) is 0 Å². The summed E-state index contributed by atoms with van der Waals surface area (Å²) >= 11 is 1.80. The second-order valence-electron chi connectivity index (χ2n) is 4.93. The number of rotatable bonds is 7. The van der Waals surface area contributed by atoms with E-state index in [1.165, 1.54) is 10.5 Å². The van der Waals surface area contributed by atoms with Crippen LogP contribution in [0.15, 0.2) is 35.5 Å². The van der Waals surface area contributed by atoms with E-state index < -0.39 is 0 Å². The lowest BCUT2D eigenvalue weighted by atomic mass is 10.2. The third-order valence-electron chi connectivity index (χ3n) is 3.01. The lowest BCUT2D eigenvalue weighted by Gasteiger charge is -2.09. The van der Waals surface area contributed by atoms with Crippen molar-refractivity contribution in [1.82, 2.24) is 20.1 Å². The van der Waals surface area contributed by atoms with Crippen molar-refractivity contribution in [2.24, 2.45) is 0 Å². The quantitative estimate of drug-likeness (QED) is 0.795. The number of hydrogen-bond acceptors (Lipinski definition) is 4. The normalized spacial score (nSPS) is 11.2. The number of thioether (sulfide) groups is 1. The number of benzene rings is 1. The summed E-state index contributed by atoms with van der Waals surface area (Å²) in [6.07, 6.45) is 1.63. The predicted octanol–water partition coefficient (Wildman–Crippen LogP) is 3.26. The average molecular weight is 290 g/mol. The van der Waals surface area contributed by atoms with Crippen molar-refractivity contribution in [2.75, 3.05) is 6.54 Å². The first-order valence-corrected chi connectivity index (χ1v) is 8.00. The van der Waals surface area contributed by atoms with E-state index in [1.54, 1.807) is 18.1 Å². The zero-order valence-electron chi connectivity index (χ0n) is 12.3. The summed E-state index contributed by atoms with van der Waals surface area (Å²) in [7, 11) is 0. The SMILES string of the molecule is CCNCc1ccc(SCc2ncnn2C(C)C)cc1. The molecule has 20 heavy (non-hydrogen) atoms. The second kappa shape index (κ2) is 7.45. The molecule has 2 rings (SSSR count). The smallest absolute Gasteiger partial charge is 0.138 e. The van der Waals surface area contributed by atoms with Gasteiger partial charge in [-0.2, -0.15) is 5.10 Å². The Morgan fingerprint density at radius 2 is 2.00 bits per heavy atom. The second-order valence-corrected chi connectivity index (χ2v) is 5.98. The highest BCUT2D eigenvalue weighted by molar-refractivity contribution is 7.98. The van der Waals surface area contributed by atoms with Gasteiger partial charge in [-0.1, -0.05) is 19.1 Å². The van der Waals surface area contributed by atoms with E-state index in [0.717, 1.165) is 24.7 Å². The first-order valence-electron chi connectivity index (χ1n) is 7.01. The van der Waals surface area contributed by atoms with Crippen LogP contribution in [0.3, 0.4) is 0 Å². The Labute approximate surface area is 125 Å². The van der Waals surface area contributed by atoms with Crippen LogP contribution in [0.4, 0.5) is 0 Å². The maximum Gasteiger partial charge on any atom is 0.138 e. The van der Waals surface area contributed by atoms with E-state index in [4.69, 9.17) is 0 Å². The largest absolute Gasteiger partial charge is 0.313 e. The van der Waals surface area contributed by atoms with Gasteiger partial charge in [0.15, 0.2) is 0 Å². The first kappa shape index (κ1) is 15.1. The van der Waals surface area contributed by atoms with Gasteiger partial charge in [0.25, 0.3) is 0 Å². The first-order chi connectivity index (χ1) is 9.70. The molecule has 0 bridgehead atoms. The summed E-state index contributed by atoms with van der Waals surface area (Å²) in [5, 5.41) is 7.59. The van der Waals surface area contributed by atoms with E-state index in [2.05, 4.69) is 60.4 Å². The van der Waals surface area contributed by atoms with E-state index in [1.807, 2.05) is 4.68 Å². The molecular formula is C15H22N4S. The molecule has 0 fully saturated rings. The van der Waals surface area contributed by atoms with Crippen LogP contribution in [0.5, 0.6) is 0 Å². The topological polar surface area (TPSA) is 42.7 Å². The van der Waals surface area contributed by atoms with Gasteiger partial charge in [-0.15, -0.1) is 11.8 Å². The molecule has 0 unspecified atom stereocenters. The van der Waals surface area contributed by atoms with Crippen molar-refractivity contribution in [2.45, 2.75) is 44.0 Å².